The molecule has 1 saturated carbocycles. The molecule has 1 aromatic heterocycles. The maximum atomic E-state index is 14.0. The van der Waals surface area contributed by atoms with Gasteiger partial charge in [0.1, 0.15) is 17.3 Å². The van der Waals surface area contributed by atoms with Crippen LogP contribution in [0, 0.1) is 17.6 Å². The van der Waals surface area contributed by atoms with Gasteiger partial charge in [0.15, 0.2) is 11.5 Å². The molecule has 0 spiro atoms. The molecule has 0 saturated heterocycles. The van der Waals surface area contributed by atoms with Gasteiger partial charge in [0, 0.05) is 18.0 Å². The lowest BCUT2D eigenvalue weighted by Crippen LogP contribution is -2.40. The Bertz CT molecular complexity index is 1220. The summed E-state index contributed by atoms with van der Waals surface area (Å²) in [6.07, 6.45) is 3.08. The zero-order valence-electron chi connectivity index (χ0n) is 18.3. The van der Waals surface area contributed by atoms with E-state index in [-0.39, 0.29) is 28.1 Å². The summed E-state index contributed by atoms with van der Waals surface area (Å²) in [5, 5.41) is 5.05. The van der Waals surface area contributed by atoms with Crippen LogP contribution in [-0.2, 0) is 4.79 Å². The number of carbonyl (C=O) groups excluding carboxylic acids is 3. The van der Waals surface area contributed by atoms with Gasteiger partial charge >= 0.3 is 5.97 Å². The lowest BCUT2D eigenvalue weighted by atomic mass is 9.85. The number of nitrogens with one attached hydrogen (secondary N) is 3. The van der Waals surface area contributed by atoms with Gasteiger partial charge in [-0.15, -0.1) is 0 Å². The lowest BCUT2D eigenvalue weighted by Gasteiger charge is -2.28. The van der Waals surface area contributed by atoms with Crippen LogP contribution in [0.15, 0.2) is 48.8 Å². The standard InChI is InChI=1S/C24H21ClF2N4O4/c25-17-10-14(26)11-18(27)19(17)31-22(32)13-6-8-15(9-7-13)30-23(33)20-21(29-12-28-20)24(34)35-16-4-2-1-3-5-16/h1-5,10-13,15H,6-9H2,(H,28,29)(H,30,33)(H,31,32)/t13-,15-. The average Bonchev–Trinajstić information content (AvgIpc) is 3.33. The molecule has 0 bridgehead atoms. The van der Waals surface area contributed by atoms with Gasteiger partial charge in [-0.3, -0.25) is 9.59 Å². The van der Waals surface area contributed by atoms with Gasteiger partial charge in [-0.1, -0.05) is 29.8 Å². The van der Waals surface area contributed by atoms with Crippen LogP contribution < -0.4 is 15.4 Å². The van der Waals surface area contributed by atoms with Crippen LogP contribution in [-0.4, -0.2) is 33.8 Å². The van der Waals surface area contributed by atoms with Crippen molar-refractivity contribution in [2.75, 3.05) is 5.32 Å². The molecule has 1 heterocycles. The third-order valence-electron chi connectivity index (χ3n) is 5.70. The van der Waals surface area contributed by atoms with E-state index in [1.165, 1.54) is 6.33 Å². The van der Waals surface area contributed by atoms with E-state index in [0.717, 1.165) is 6.07 Å². The number of imidazole rings is 1. The molecule has 2 amide bonds. The number of ether oxygens (including phenoxy) is 1. The summed E-state index contributed by atoms with van der Waals surface area (Å²) in [6, 6.07) is 9.75. The summed E-state index contributed by atoms with van der Waals surface area (Å²) >= 11 is 5.84. The monoisotopic (exact) mass is 502 g/mol. The smallest absolute Gasteiger partial charge is 0.364 e. The van der Waals surface area contributed by atoms with Crippen molar-refractivity contribution in [3.63, 3.8) is 0 Å². The number of benzene rings is 2. The molecule has 8 nitrogen and oxygen atoms in total. The summed E-state index contributed by atoms with van der Waals surface area (Å²) in [4.78, 5) is 44.3. The Morgan fingerprint density at radius 2 is 1.77 bits per heavy atom. The Morgan fingerprint density at radius 3 is 2.46 bits per heavy atom. The Hall–Kier alpha value is -3.79. The molecule has 2 aromatic carbocycles. The summed E-state index contributed by atoms with van der Waals surface area (Å²) < 4.78 is 32.4. The molecule has 0 atom stereocenters. The number of H-pyrrole nitrogens is 1. The third kappa shape index (κ3) is 5.83. The number of aromatic nitrogens is 2. The van der Waals surface area contributed by atoms with Gasteiger partial charge in [-0.25, -0.2) is 18.6 Å². The average molecular weight is 503 g/mol. The number of para-hydroxylation sites is 1. The molecule has 35 heavy (non-hydrogen) atoms. The SMILES string of the molecule is O=C(Oc1ccccc1)c1nc[nH]c1C(=O)N[C@H]1CC[C@H](C(=O)Nc2c(F)cc(F)cc2Cl)CC1. The summed E-state index contributed by atoms with van der Waals surface area (Å²) in [6.45, 7) is 0. The molecular weight excluding hydrogens is 482 g/mol. The van der Waals surface area contributed by atoms with Crippen molar-refractivity contribution in [1.82, 2.24) is 15.3 Å². The van der Waals surface area contributed by atoms with Crippen LogP contribution in [0.3, 0.4) is 0 Å². The number of nitrogens with zero attached hydrogens (tertiary/aromatic N) is 1. The predicted octanol–water partition coefficient (Wildman–Crippen LogP) is 4.49. The van der Waals surface area contributed by atoms with E-state index in [9.17, 15) is 23.2 Å². The van der Waals surface area contributed by atoms with Gasteiger partial charge < -0.3 is 20.4 Å². The maximum absolute atomic E-state index is 14.0. The van der Waals surface area contributed by atoms with Gasteiger partial charge in [0.2, 0.25) is 5.91 Å². The van der Waals surface area contributed by atoms with Crippen LogP contribution in [0.1, 0.15) is 46.7 Å². The number of esters is 1. The van der Waals surface area contributed by atoms with Crippen LogP contribution in [0.5, 0.6) is 5.75 Å². The Balaban J connectivity index is 1.31. The van der Waals surface area contributed by atoms with Crippen molar-refractivity contribution in [3.8, 4) is 5.75 Å². The Kier molecular flexibility index (Phi) is 7.40. The number of halogens is 3. The molecule has 1 fully saturated rings. The largest absolute Gasteiger partial charge is 0.422 e. The second-order valence-electron chi connectivity index (χ2n) is 8.08. The van der Waals surface area contributed by atoms with E-state index in [4.69, 9.17) is 16.3 Å². The predicted molar refractivity (Wildman–Crippen MR) is 123 cm³/mol. The van der Waals surface area contributed by atoms with Crippen molar-refractivity contribution in [3.05, 3.63) is 76.8 Å². The second-order valence-corrected chi connectivity index (χ2v) is 8.49. The summed E-state index contributed by atoms with van der Waals surface area (Å²) in [7, 11) is 0. The highest BCUT2D eigenvalue weighted by molar-refractivity contribution is 6.33. The first-order valence-electron chi connectivity index (χ1n) is 10.9. The van der Waals surface area contributed by atoms with Crippen molar-refractivity contribution < 1.29 is 27.9 Å². The zero-order valence-corrected chi connectivity index (χ0v) is 19.1. The molecule has 0 aliphatic heterocycles. The number of amides is 2. The highest BCUT2D eigenvalue weighted by Crippen LogP contribution is 2.30. The van der Waals surface area contributed by atoms with Crippen molar-refractivity contribution in [2.45, 2.75) is 31.7 Å². The minimum atomic E-state index is -0.953. The van der Waals surface area contributed by atoms with Crippen LogP contribution >= 0.6 is 11.6 Å². The molecule has 1 aliphatic carbocycles. The molecule has 4 rings (SSSR count). The molecule has 1 aliphatic rings. The topological polar surface area (TPSA) is 113 Å². The number of hydrogen-bond donors (Lipinski definition) is 3. The molecule has 3 N–H and O–H groups in total. The number of aromatic amines is 1. The summed E-state index contributed by atoms with van der Waals surface area (Å²) in [5.41, 5.74) is -0.424. The van der Waals surface area contributed by atoms with Crippen molar-refractivity contribution >= 4 is 35.1 Å². The first kappa shape index (κ1) is 24.3. The number of anilines is 1. The number of rotatable bonds is 6. The normalized spacial score (nSPS) is 17.5. The fraction of sp³-hybridized carbons (Fsp3) is 0.250. The molecule has 182 valence electrons. The van der Waals surface area contributed by atoms with Crippen LogP contribution in [0.2, 0.25) is 5.02 Å². The summed E-state index contributed by atoms with van der Waals surface area (Å²) in [5.74, 6) is -3.61. The van der Waals surface area contributed by atoms with Crippen LogP contribution in [0.25, 0.3) is 0 Å². The van der Waals surface area contributed by atoms with E-state index in [0.29, 0.717) is 37.5 Å². The van der Waals surface area contributed by atoms with E-state index in [1.54, 1.807) is 30.3 Å². The quantitative estimate of drug-likeness (QED) is 0.339. The molecule has 3 aromatic rings. The van der Waals surface area contributed by atoms with E-state index in [2.05, 4.69) is 20.6 Å². The fourth-order valence-corrected chi connectivity index (χ4v) is 4.15. The van der Waals surface area contributed by atoms with E-state index in [1.807, 2.05) is 0 Å². The number of hydrogen-bond acceptors (Lipinski definition) is 5. The van der Waals surface area contributed by atoms with Gasteiger partial charge in [0.05, 0.1) is 17.0 Å². The molecule has 0 unspecified atom stereocenters. The highest BCUT2D eigenvalue weighted by atomic mass is 35.5. The van der Waals surface area contributed by atoms with Gasteiger partial charge in [-0.2, -0.15) is 0 Å². The van der Waals surface area contributed by atoms with Gasteiger partial charge in [-0.05, 0) is 43.9 Å². The van der Waals surface area contributed by atoms with Crippen LogP contribution in [0.4, 0.5) is 14.5 Å². The Labute approximate surface area is 204 Å². The maximum Gasteiger partial charge on any atom is 0.364 e. The highest BCUT2D eigenvalue weighted by Gasteiger charge is 2.30. The third-order valence-corrected chi connectivity index (χ3v) is 6.00. The van der Waals surface area contributed by atoms with Gasteiger partial charge in [0.25, 0.3) is 5.91 Å². The molecule has 0 radical (unpaired) electrons. The first-order valence-corrected chi connectivity index (χ1v) is 11.3. The minimum absolute atomic E-state index is 0.0211. The molecule has 11 heteroatoms. The first-order chi connectivity index (χ1) is 16.8. The van der Waals surface area contributed by atoms with Crippen molar-refractivity contribution in [2.24, 2.45) is 5.92 Å². The number of carbonyl (C=O) groups is 3. The lowest BCUT2D eigenvalue weighted by molar-refractivity contribution is -0.120. The van der Waals surface area contributed by atoms with E-state index >= 15 is 0 Å². The molecular formula is C24H21ClF2N4O4. The second kappa shape index (κ2) is 10.6. The minimum Gasteiger partial charge on any atom is -0.422 e. The zero-order chi connectivity index (χ0) is 24.9. The fourth-order valence-electron chi connectivity index (χ4n) is 3.91. The Morgan fingerprint density at radius 1 is 1.06 bits per heavy atom. The van der Waals surface area contributed by atoms with E-state index < -0.39 is 35.3 Å². The van der Waals surface area contributed by atoms with Crippen molar-refractivity contribution in [1.29, 1.82) is 0 Å².